The fourth-order valence-electron chi connectivity index (χ4n) is 2.24. The number of thiophene rings is 1. The molecule has 1 aliphatic rings. The van der Waals surface area contributed by atoms with Crippen molar-refractivity contribution in [3.63, 3.8) is 0 Å². The number of halogens is 2. The summed E-state index contributed by atoms with van der Waals surface area (Å²) in [6.07, 6.45) is 1.83. The van der Waals surface area contributed by atoms with Crippen LogP contribution in [-0.4, -0.2) is 31.9 Å². The molecule has 19 heavy (non-hydrogen) atoms. The van der Waals surface area contributed by atoms with Crippen molar-refractivity contribution >= 4 is 48.9 Å². The van der Waals surface area contributed by atoms with E-state index in [-0.39, 0.29) is 16.2 Å². The summed E-state index contributed by atoms with van der Waals surface area (Å²) in [5.41, 5.74) is 5.67. The Hall–Kier alpha value is 0.340. The topological polar surface area (TPSA) is 63.4 Å². The Morgan fingerprint density at radius 1 is 1.58 bits per heavy atom. The van der Waals surface area contributed by atoms with Gasteiger partial charge in [-0.05, 0) is 54.2 Å². The first-order valence-electron chi connectivity index (χ1n) is 6.03. The van der Waals surface area contributed by atoms with E-state index in [2.05, 4.69) is 15.9 Å². The number of hydrogen-bond donors (Lipinski definition) is 1. The van der Waals surface area contributed by atoms with E-state index in [1.807, 2.05) is 6.92 Å². The van der Waals surface area contributed by atoms with E-state index in [0.29, 0.717) is 21.9 Å². The van der Waals surface area contributed by atoms with Crippen LogP contribution in [-0.2, 0) is 10.0 Å². The Bertz CT molecular complexity index is 542. The van der Waals surface area contributed by atoms with Crippen molar-refractivity contribution in [1.82, 2.24) is 4.31 Å². The van der Waals surface area contributed by atoms with Gasteiger partial charge >= 0.3 is 0 Å². The van der Waals surface area contributed by atoms with Gasteiger partial charge in [0.2, 0.25) is 0 Å². The molecular weight excluding hydrogens is 372 g/mol. The highest BCUT2D eigenvalue weighted by atomic mass is 79.9. The van der Waals surface area contributed by atoms with Gasteiger partial charge in [-0.1, -0.05) is 11.6 Å². The van der Waals surface area contributed by atoms with Crippen LogP contribution in [0.2, 0.25) is 5.02 Å². The Kier molecular flexibility index (Phi) is 4.96. The average molecular weight is 388 g/mol. The normalized spacial score (nSPS) is 25.7. The Labute approximate surface area is 131 Å². The molecule has 0 spiro atoms. The number of hydrogen-bond acceptors (Lipinski definition) is 4. The first kappa shape index (κ1) is 15.7. The zero-order valence-electron chi connectivity index (χ0n) is 10.5. The van der Waals surface area contributed by atoms with Gasteiger partial charge in [0, 0.05) is 12.6 Å². The Morgan fingerprint density at radius 2 is 2.26 bits per heavy atom. The van der Waals surface area contributed by atoms with Gasteiger partial charge in [0.25, 0.3) is 10.0 Å². The summed E-state index contributed by atoms with van der Waals surface area (Å²) in [6, 6.07) is 1.51. The molecule has 108 valence electrons. The van der Waals surface area contributed by atoms with Crippen molar-refractivity contribution in [3.05, 3.63) is 14.9 Å². The van der Waals surface area contributed by atoms with Crippen molar-refractivity contribution in [1.29, 1.82) is 0 Å². The second-order valence-corrected chi connectivity index (χ2v) is 9.68. The molecule has 1 saturated heterocycles. The largest absolute Gasteiger partial charge is 0.330 e. The third-order valence-electron chi connectivity index (χ3n) is 3.44. The zero-order valence-corrected chi connectivity index (χ0v) is 14.4. The van der Waals surface area contributed by atoms with Gasteiger partial charge in [0.15, 0.2) is 0 Å². The second kappa shape index (κ2) is 5.99. The lowest BCUT2D eigenvalue weighted by Gasteiger charge is -2.36. The molecule has 0 saturated carbocycles. The lowest BCUT2D eigenvalue weighted by Crippen LogP contribution is -2.46. The predicted octanol–water partition coefficient (Wildman–Crippen LogP) is 2.91. The first-order chi connectivity index (χ1) is 8.86. The first-order valence-corrected chi connectivity index (χ1v) is 9.45. The molecule has 2 atom stereocenters. The van der Waals surface area contributed by atoms with Crippen molar-refractivity contribution in [2.24, 2.45) is 11.7 Å². The van der Waals surface area contributed by atoms with Crippen molar-refractivity contribution < 1.29 is 8.42 Å². The van der Waals surface area contributed by atoms with Gasteiger partial charge in [-0.3, -0.25) is 0 Å². The lowest BCUT2D eigenvalue weighted by molar-refractivity contribution is 0.211. The van der Waals surface area contributed by atoms with E-state index < -0.39 is 10.0 Å². The second-order valence-electron chi connectivity index (χ2n) is 4.79. The molecule has 8 heteroatoms. The van der Waals surface area contributed by atoms with E-state index in [1.54, 1.807) is 4.31 Å². The van der Waals surface area contributed by atoms with E-state index in [1.165, 1.54) is 6.07 Å². The smallest absolute Gasteiger partial charge is 0.252 e. The summed E-state index contributed by atoms with van der Waals surface area (Å²) in [6.45, 7) is 2.95. The van der Waals surface area contributed by atoms with Crippen molar-refractivity contribution in [2.75, 3.05) is 13.1 Å². The fourth-order valence-corrected chi connectivity index (χ4v) is 6.51. The van der Waals surface area contributed by atoms with Gasteiger partial charge in [-0.25, -0.2) is 8.42 Å². The highest BCUT2D eigenvalue weighted by Crippen LogP contribution is 2.37. The van der Waals surface area contributed by atoms with E-state index in [9.17, 15) is 8.42 Å². The van der Waals surface area contributed by atoms with Gasteiger partial charge in [-0.2, -0.15) is 4.31 Å². The van der Waals surface area contributed by atoms with Crippen molar-refractivity contribution in [2.45, 2.75) is 30.0 Å². The molecular formula is C11H16BrClN2O2S2. The summed E-state index contributed by atoms with van der Waals surface area (Å²) < 4.78 is 27.8. The van der Waals surface area contributed by atoms with E-state index >= 15 is 0 Å². The van der Waals surface area contributed by atoms with Crippen LogP contribution < -0.4 is 5.73 Å². The molecule has 0 radical (unpaired) electrons. The molecule has 1 aromatic rings. The Morgan fingerprint density at radius 3 is 2.79 bits per heavy atom. The molecule has 0 aromatic carbocycles. The predicted molar refractivity (Wildman–Crippen MR) is 82.2 cm³/mol. The van der Waals surface area contributed by atoms with E-state index in [4.69, 9.17) is 17.3 Å². The molecule has 2 N–H and O–H groups in total. The molecule has 1 aliphatic heterocycles. The monoisotopic (exact) mass is 386 g/mol. The molecule has 2 unspecified atom stereocenters. The van der Waals surface area contributed by atoms with Crippen LogP contribution in [0.25, 0.3) is 0 Å². The highest BCUT2D eigenvalue weighted by molar-refractivity contribution is 9.11. The molecule has 0 aliphatic carbocycles. The summed E-state index contributed by atoms with van der Waals surface area (Å²) in [7, 11) is -3.47. The third-order valence-corrected chi connectivity index (χ3v) is 8.35. The molecule has 2 heterocycles. The lowest BCUT2D eigenvalue weighted by atomic mass is 9.96. The fraction of sp³-hybridized carbons (Fsp3) is 0.636. The number of sulfonamides is 1. The summed E-state index contributed by atoms with van der Waals surface area (Å²) >= 11 is 10.3. The highest BCUT2D eigenvalue weighted by Gasteiger charge is 2.35. The zero-order chi connectivity index (χ0) is 14.2. The summed E-state index contributed by atoms with van der Waals surface area (Å²) in [4.78, 5) is 0. The molecule has 0 amide bonds. The van der Waals surface area contributed by atoms with Gasteiger partial charge < -0.3 is 5.73 Å². The standard InChI is InChI=1S/C11H16BrClN2O2S2/c1-7-2-3-8(5-14)6-15(7)19(16,17)10-4-9(13)11(12)18-10/h4,7-8H,2-3,5-6,14H2,1H3. The van der Waals surface area contributed by atoms with Crippen LogP contribution in [0.1, 0.15) is 19.8 Å². The molecule has 0 bridgehead atoms. The minimum absolute atomic E-state index is 0.00690. The van der Waals surface area contributed by atoms with Crippen LogP contribution in [0.4, 0.5) is 0 Å². The van der Waals surface area contributed by atoms with Crippen LogP contribution >= 0.6 is 38.9 Å². The maximum absolute atomic E-state index is 12.6. The average Bonchev–Trinajstić information content (AvgIpc) is 2.71. The minimum atomic E-state index is -3.47. The Balaban J connectivity index is 2.32. The summed E-state index contributed by atoms with van der Waals surface area (Å²) in [5, 5.41) is 0.434. The van der Waals surface area contributed by atoms with Crippen molar-refractivity contribution in [3.8, 4) is 0 Å². The number of nitrogens with zero attached hydrogens (tertiary/aromatic N) is 1. The van der Waals surface area contributed by atoms with Crippen LogP contribution in [0.15, 0.2) is 14.1 Å². The van der Waals surface area contributed by atoms with Gasteiger partial charge in [0.1, 0.15) is 4.21 Å². The van der Waals surface area contributed by atoms with Crippen LogP contribution in [0.3, 0.4) is 0 Å². The quantitative estimate of drug-likeness (QED) is 0.867. The van der Waals surface area contributed by atoms with Crippen LogP contribution in [0.5, 0.6) is 0 Å². The van der Waals surface area contributed by atoms with E-state index in [0.717, 1.165) is 24.2 Å². The molecule has 4 nitrogen and oxygen atoms in total. The maximum atomic E-state index is 12.6. The number of nitrogens with two attached hydrogens (primary N) is 1. The number of piperidine rings is 1. The van der Waals surface area contributed by atoms with Gasteiger partial charge in [0.05, 0.1) is 8.81 Å². The third kappa shape index (κ3) is 3.16. The van der Waals surface area contributed by atoms with Crippen LogP contribution in [0, 0.1) is 5.92 Å². The molecule has 1 fully saturated rings. The SMILES string of the molecule is CC1CCC(CN)CN1S(=O)(=O)c1cc(Cl)c(Br)s1. The van der Waals surface area contributed by atoms with Gasteiger partial charge in [-0.15, -0.1) is 11.3 Å². The molecule has 1 aromatic heterocycles. The number of rotatable bonds is 3. The molecule has 2 rings (SSSR count). The maximum Gasteiger partial charge on any atom is 0.252 e. The minimum Gasteiger partial charge on any atom is -0.330 e. The summed E-state index contributed by atoms with van der Waals surface area (Å²) in [5.74, 6) is 0.241.